The molecule has 0 fully saturated rings. The summed E-state index contributed by atoms with van der Waals surface area (Å²) >= 11 is 0. The Morgan fingerprint density at radius 3 is 2.29 bits per heavy atom. The lowest BCUT2D eigenvalue weighted by atomic mass is 9.97. The summed E-state index contributed by atoms with van der Waals surface area (Å²) in [4.78, 5) is 13.3. The van der Waals surface area contributed by atoms with Crippen LogP contribution in [0.5, 0.6) is 5.75 Å². The lowest BCUT2D eigenvalue weighted by Crippen LogP contribution is -2.06. The van der Waals surface area contributed by atoms with Gasteiger partial charge in [0.15, 0.2) is 11.5 Å². The SMILES string of the molecule is CCc1oc2cc(CCCc3ccccc3)ccc2c1C(=O)c1cc(N)c(O)c(N)c1. The summed E-state index contributed by atoms with van der Waals surface area (Å²) in [5, 5.41) is 10.6. The van der Waals surface area contributed by atoms with Gasteiger partial charge < -0.3 is 21.0 Å². The fourth-order valence-electron chi connectivity index (χ4n) is 3.94. The molecule has 1 aromatic heterocycles. The molecule has 0 aliphatic carbocycles. The van der Waals surface area contributed by atoms with E-state index in [1.807, 2.05) is 25.1 Å². The molecule has 0 unspecified atom stereocenters. The summed E-state index contributed by atoms with van der Waals surface area (Å²) in [6, 6.07) is 19.4. The number of furan rings is 1. The van der Waals surface area contributed by atoms with E-state index in [-0.39, 0.29) is 22.9 Å². The maximum absolute atomic E-state index is 13.3. The van der Waals surface area contributed by atoms with E-state index in [0.29, 0.717) is 28.9 Å². The minimum atomic E-state index is -0.217. The summed E-state index contributed by atoms with van der Waals surface area (Å²) < 4.78 is 6.05. The zero-order valence-corrected chi connectivity index (χ0v) is 17.5. The molecule has 4 rings (SSSR count). The first-order valence-corrected chi connectivity index (χ1v) is 10.5. The number of ketones is 1. The number of hydrogen-bond acceptors (Lipinski definition) is 5. The Bertz CT molecular complexity index is 1220. The van der Waals surface area contributed by atoms with Crippen molar-refractivity contribution in [2.75, 3.05) is 11.5 Å². The van der Waals surface area contributed by atoms with Gasteiger partial charge in [0.25, 0.3) is 0 Å². The van der Waals surface area contributed by atoms with Crippen molar-refractivity contribution in [1.82, 2.24) is 0 Å². The standard InChI is InChI=1S/C26H26N2O3/c1-2-22-24(25(29)18-14-20(27)26(30)21(28)15-18)19-12-11-17(13-23(19)31-22)10-6-9-16-7-4-3-5-8-16/h3-5,7-8,11-15,30H,2,6,9-10,27-28H2,1H3. The molecule has 5 heteroatoms. The highest BCUT2D eigenvalue weighted by atomic mass is 16.3. The van der Waals surface area contributed by atoms with Crippen molar-refractivity contribution in [2.45, 2.75) is 32.6 Å². The highest BCUT2D eigenvalue weighted by Gasteiger charge is 2.22. The van der Waals surface area contributed by atoms with Crippen LogP contribution in [0.25, 0.3) is 11.0 Å². The molecule has 158 valence electrons. The molecule has 5 nitrogen and oxygen atoms in total. The molecule has 4 aromatic rings. The van der Waals surface area contributed by atoms with Crippen molar-refractivity contribution in [3.05, 3.63) is 88.7 Å². The Labute approximate surface area is 181 Å². The second-order valence-corrected chi connectivity index (χ2v) is 7.76. The van der Waals surface area contributed by atoms with Crippen LogP contribution in [0.3, 0.4) is 0 Å². The molecule has 31 heavy (non-hydrogen) atoms. The summed E-state index contributed by atoms with van der Waals surface area (Å²) in [6.07, 6.45) is 3.57. The van der Waals surface area contributed by atoms with Crippen LogP contribution in [0.15, 0.2) is 65.1 Å². The molecular formula is C26H26N2O3. The fraction of sp³-hybridized carbons (Fsp3) is 0.192. The second kappa shape index (κ2) is 8.56. The van der Waals surface area contributed by atoms with E-state index >= 15 is 0 Å². The number of rotatable bonds is 7. The van der Waals surface area contributed by atoms with Gasteiger partial charge in [-0.15, -0.1) is 0 Å². The minimum Gasteiger partial charge on any atom is -0.504 e. The van der Waals surface area contributed by atoms with Crippen molar-refractivity contribution in [3.63, 3.8) is 0 Å². The number of aromatic hydroxyl groups is 1. The smallest absolute Gasteiger partial charge is 0.197 e. The van der Waals surface area contributed by atoms with Crippen LogP contribution >= 0.6 is 0 Å². The van der Waals surface area contributed by atoms with Gasteiger partial charge in [-0.3, -0.25) is 4.79 Å². The van der Waals surface area contributed by atoms with Gasteiger partial charge in [-0.1, -0.05) is 49.4 Å². The van der Waals surface area contributed by atoms with Crippen LogP contribution in [0.2, 0.25) is 0 Å². The van der Waals surface area contributed by atoms with E-state index in [0.717, 1.165) is 24.6 Å². The maximum Gasteiger partial charge on any atom is 0.197 e. The quantitative estimate of drug-likeness (QED) is 0.217. The van der Waals surface area contributed by atoms with Crippen LogP contribution in [0.1, 0.15) is 46.2 Å². The zero-order chi connectivity index (χ0) is 22.0. The Morgan fingerprint density at radius 1 is 0.935 bits per heavy atom. The Morgan fingerprint density at radius 2 is 1.61 bits per heavy atom. The minimum absolute atomic E-state index is 0.0786. The largest absolute Gasteiger partial charge is 0.504 e. The number of aryl methyl sites for hydroxylation is 3. The Kier molecular flexibility index (Phi) is 5.67. The summed E-state index contributed by atoms with van der Waals surface area (Å²) in [6.45, 7) is 1.95. The molecule has 5 N–H and O–H groups in total. The van der Waals surface area contributed by atoms with Crippen molar-refractivity contribution >= 4 is 28.1 Å². The number of nitrogen functional groups attached to an aromatic ring is 2. The molecule has 0 saturated carbocycles. The summed E-state index contributed by atoms with van der Waals surface area (Å²) in [5.41, 5.74) is 15.8. The van der Waals surface area contributed by atoms with Gasteiger partial charge >= 0.3 is 0 Å². The number of hydrogen-bond donors (Lipinski definition) is 3. The molecule has 0 atom stereocenters. The topological polar surface area (TPSA) is 102 Å². The van der Waals surface area contributed by atoms with E-state index < -0.39 is 0 Å². The molecule has 0 bridgehead atoms. The predicted molar refractivity (Wildman–Crippen MR) is 124 cm³/mol. The van der Waals surface area contributed by atoms with Crippen molar-refractivity contribution in [1.29, 1.82) is 0 Å². The lowest BCUT2D eigenvalue weighted by Gasteiger charge is -2.07. The van der Waals surface area contributed by atoms with Gasteiger partial charge in [0.05, 0.1) is 16.9 Å². The first kappa shape index (κ1) is 20.5. The normalized spacial score (nSPS) is 11.1. The molecule has 0 amide bonds. The van der Waals surface area contributed by atoms with E-state index in [1.54, 1.807) is 0 Å². The zero-order valence-electron chi connectivity index (χ0n) is 17.5. The Hall–Kier alpha value is -3.73. The molecular weight excluding hydrogens is 388 g/mol. The average Bonchev–Trinajstić information content (AvgIpc) is 3.15. The summed E-state index contributed by atoms with van der Waals surface area (Å²) in [5.74, 6) is 0.210. The number of phenolic OH excluding ortho intramolecular Hbond substituents is 1. The van der Waals surface area contributed by atoms with Gasteiger partial charge in [0.1, 0.15) is 11.3 Å². The number of anilines is 2. The first-order chi connectivity index (χ1) is 15.0. The molecule has 3 aromatic carbocycles. The van der Waals surface area contributed by atoms with Crippen LogP contribution in [-0.2, 0) is 19.3 Å². The van der Waals surface area contributed by atoms with E-state index in [1.165, 1.54) is 23.3 Å². The van der Waals surface area contributed by atoms with Gasteiger partial charge in [-0.05, 0) is 48.6 Å². The fourth-order valence-corrected chi connectivity index (χ4v) is 3.94. The molecule has 0 aliphatic rings. The van der Waals surface area contributed by atoms with Crippen molar-refractivity contribution < 1.29 is 14.3 Å². The molecule has 0 aliphatic heterocycles. The monoisotopic (exact) mass is 414 g/mol. The van der Waals surface area contributed by atoms with Gasteiger partial charge in [-0.2, -0.15) is 0 Å². The molecule has 0 saturated heterocycles. The van der Waals surface area contributed by atoms with Gasteiger partial charge in [-0.25, -0.2) is 0 Å². The van der Waals surface area contributed by atoms with Crippen LogP contribution < -0.4 is 11.5 Å². The third kappa shape index (κ3) is 4.12. The lowest BCUT2D eigenvalue weighted by molar-refractivity contribution is 0.103. The molecule has 0 radical (unpaired) electrons. The summed E-state index contributed by atoms with van der Waals surface area (Å²) in [7, 11) is 0. The van der Waals surface area contributed by atoms with Gasteiger partial charge in [0, 0.05) is 17.4 Å². The highest BCUT2D eigenvalue weighted by molar-refractivity contribution is 6.17. The number of phenols is 1. The number of nitrogens with two attached hydrogens (primary N) is 2. The number of carbonyl (C=O) groups excluding carboxylic acids is 1. The third-order valence-electron chi connectivity index (χ3n) is 5.58. The predicted octanol–water partition coefficient (Wildman–Crippen LogP) is 5.27. The Balaban J connectivity index is 1.61. The van der Waals surface area contributed by atoms with Crippen molar-refractivity contribution in [2.24, 2.45) is 0 Å². The van der Waals surface area contributed by atoms with E-state index in [4.69, 9.17) is 15.9 Å². The molecule has 1 heterocycles. The second-order valence-electron chi connectivity index (χ2n) is 7.76. The number of benzene rings is 3. The van der Waals surface area contributed by atoms with E-state index in [9.17, 15) is 9.90 Å². The number of fused-ring (bicyclic) bond motifs is 1. The highest BCUT2D eigenvalue weighted by Crippen LogP contribution is 2.33. The van der Waals surface area contributed by atoms with E-state index in [2.05, 4.69) is 30.3 Å². The molecule has 0 spiro atoms. The maximum atomic E-state index is 13.3. The average molecular weight is 415 g/mol. The van der Waals surface area contributed by atoms with Crippen molar-refractivity contribution in [3.8, 4) is 5.75 Å². The van der Waals surface area contributed by atoms with Crippen LogP contribution in [0, 0.1) is 0 Å². The van der Waals surface area contributed by atoms with Gasteiger partial charge in [0.2, 0.25) is 0 Å². The van der Waals surface area contributed by atoms with Crippen LogP contribution in [0.4, 0.5) is 11.4 Å². The first-order valence-electron chi connectivity index (χ1n) is 10.5. The number of carbonyl (C=O) groups is 1. The third-order valence-corrected chi connectivity index (χ3v) is 5.58. The van der Waals surface area contributed by atoms with Crippen LogP contribution in [-0.4, -0.2) is 10.9 Å².